The van der Waals surface area contributed by atoms with E-state index in [0.29, 0.717) is 19.1 Å². The number of nitrogens with one attached hydrogen (secondary N) is 2. The minimum absolute atomic E-state index is 0.506. The zero-order chi connectivity index (χ0) is 16.1. The average Bonchev–Trinajstić information content (AvgIpc) is 3.28. The van der Waals surface area contributed by atoms with Gasteiger partial charge in [0.1, 0.15) is 5.82 Å². The van der Waals surface area contributed by atoms with Crippen molar-refractivity contribution in [3.63, 3.8) is 0 Å². The number of hydrogen-bond acceptors (Lipinski definition) is 4. The molecule has 1 aliphatic rings. The topological polar surface area (TPSA) is 80.3 Å². The average molecular weight is 316 g/mol. The Morgan fingerprint density at radius 2 is 2.22 bits per heavy atom. The molecule has 0 bridgehead atoms. The predicted octanol–water partition coefficient (Wildman–Crippen LogP) is 1.89. The van der Waals surface area contributed by atoms with Crippen LogP contribution in [-0.4, -0.2) is 26.8 Å². The van der Waals surface area contributed by atoms with Crippen LogP contribution in [0.1, 0.15) is 42.9 Å². The van der Waals surface area contributed by atoms with Gasteiger partial charge in [0.25, 0.3) is 0 Å². The van der Waals surface area contributed by atoms with Gasteiger partial charge in [-0.1, -0.05) is 12.8 Å². The fraction of sp³-hybridized carbons (Fsp3) is 0.562. The molecule has 7 nitrogen and oxygen atoms in total. The van der Waals surface area contributed by atoms with Crippen LogP contribution < -0.4 is 10.6 Å². The molecule has 2 aromatic rings. The van der Waals surface area contributed by atoms with Crippen LogP contribution in [0.3, 0.4) is 0 Å². The van der Waals surface area contributed by atoms with Crippen LogP contribution in [0.2, 0.25) is 0 Å². The minimum atomic E-state index is 0.506. The third-order valence-corrected chi connectivity index (χ3v) is 4.29. The SMILES string of the molecule is Cc1nnc(CNC(=NCc2ccoc2)NC2CCCC2)n1C. The molecule has 0 aromatic carbocycles. The second-order valence-electron chi connectivity index (χ2n) is 6.00. The van der Waals surface area contributed by atoms with Gasteiger partial charge in [-0.3, -0.25) is 0 Å². The van der Waals surface area contributed by atoms with Crippen LogP contribution >= 0.6 is 0 Å². The van der Waals surface area contributed by atoms with Crippen molar-refractivity contribution in [3.05, 3.63) is 35.8 Å². The molecule has 23 heavy (non-hydrogen) atoms. The summed E-state index contributed by atoms with van der Waals surface area (Å²) in [7, 11) is 1.97. The van der Waals surface area contributed by atoms with Gasteiger partial charge in [0.05, 0.1) is 25.6 Å². The maximum Gasteiger partial charge on any atom is 0.192 e. The predicted molar refractivity (Wildman–Crippen MR) is 87.8 cm³/mol. The third-order valence-electron chi connectivity index (χ3n) is 4.29. The summed E-state index contributed by atoms with van der Waals surface area (Å²) in [6.07, 6.45) is 8.38. The van der Waals surface area contributed by atoms with Gasteiger partial charge in [0.2, 0.25) is 0 Å². The fourth-order valence-corrected chi connectivity index (χ4v) is 2.74. The van der Waals surface area contributed by atoms with Gasteiger partial charge in [0.15, 0.2) is 11.8 Å². The van der Waals surface area contributed by atoms with Crippen molar-refractivity contribution < 1.29 is 4.42 Å². The number of guanidine groups is 1. The lowest BCUT2D eigenvalue weighted by molar-refractivity contribution is 0.563. The molecule has 2 aromatic heterocycles. The summed E-state index contributed by atoms with van der Waals surface area (Å²) in [5, 5.41) is 15.2. The summed E-state index contributed by atoms with van der Waals surface area (Å²) in [5.74, 6) is 2.62. The highest BCUT2D eigenvalue weighted by Gasteiger charge is 2.16. The Hall–Kier alpha value is -2.31. The molecule has 0 saturated heterocycles. The summed E-state index contributed by atoms with van der Waals surface area (Å²) in [4.78, 5) is 4.66. The van der Waals surface area contributed by atoms with Crippen molar-refractivity contribution in [3.8, 4) is 0 Å². The van der Waals surface area contributed by atoms with E-state index in [0.717, 1.165) is 23.2 Å². The van der Waals surface area contributed by atoms with Gasteiger partial charge >= 0.3 is 0 Å². The van der Waals surface area contributed by atoms with E-state index < -0.39 is 0 Å². The molecule has 7 heteroatoms. The highest BCUT2D eigenvalue weighted by Crippen LogP contribution is 2.17. The first kappa shape index (κ1) is 15.6. The molecule has 0 aliphatic heterocycles. The molecule has 3 rings (SSSR count). The molecule has 0 radical (unpaired) electrons. The molecular formula is C16H24N6O. The van der Waals surface area contributed by atoms with Gasteiger partial charge in [-0.15, -0.1) is 10.2 Å². The lowest BCUT2D eigenvalue weighted by Crippen LogP contribution is -2.42. The number of nitrogens with zero attached hydrogens (tertiary/aromatic N) is 4. The first-order valence-corrected chi connectivity index (χ1v) is 8.13. The lowest BCUT2D eigenvalue weighted by Gasteiger charge is -2.17. The van der Waals surface area contributed by atoms with E-state index in [1.807, 2.05) is 24.6 Å². The molecule has 2 heterocycles. The first-order valence-electron chi connectivity index (χ1n) is 8.13. The summed E-state index contributed by atoms with van der Waals surface area (Å²) in [5.41, 5.74) is 1.06. The molecule has 0 amide bonds. The second-order valence-corrected chi connectivity index (χ2v) is 6.00. The summed E-state index contributed by atoms with van der Waals surface area (Å²) < 4.78 is 7.08. The molecule has 1 fully saturated rings. The normalized spacial score (nSPS) is 16.0. The fourth-order valence-electron chi connectivity index (χ4n) is 2.74. The van der Waals surface area contributed by atoms with Gasteiger partial charge in [0, 0.05) is 18.7 Å². The van der Waals surface area contributed by atoms with Crippen molar-refractivity contribution in [1.82, 2.24) is 25.4 Å². The van der Waals surface area contributed by atoms with E-state index in [1.54, 1.807) is 12.5 Å². The highest BCUT2D eigenvalue weighted by molar-refractivity contribution is 5.80. The summed E-state index contributed by atoms with van der Waals surface area (Å²) >= 11 is 0. The molecule has 0 atom stereocenters. The number of aliphatic imine (C=N–C) groups is 1. The quantitative estimate of drug-likeness (QED) is 0.650. The van der Waals surface area contributed by atoms with Crippen LogP contribution in [-0.2, 0) is 20.1 Å². The lowest BCUT2D eigenvalue weighted by atomic mass is 10.2. The van der Waals surface area contributed by atoms with E-state index in [-0.39, 0.29) is 0 Å². The Morgan fingerprint density at radius 3 is 2.87 bits per heavy atom. The maximum absolute atomic E-state index is 5.10. The zero-order valence-corrected chi connectivity index (χ0v) is 13.7. The third kappa shape index (κ3) is 4.12. The molecular weight excluding hydrogens is 292 g/mol. The van der Waals surface area contributed by atoms with Crippen LogP contribution in [0, 0.1) is 6.92 Å². The van der Waals surface area contributed by atoms with Crippen molar-refractivity contribution in [2.75, 3.05) is 0 Å². The Kier molecular flexibility index (Phi) is 4.95. The molecule has 2 N–H and O–H groups in total. The number of rotatable bonds is 5. The largest absolute Gasteiger partial charge is 0.472 e. The van der Waals surface area contributed by atoms with Crippen molar-refractivity contribution in [1.29, 1.82) is 0 Å². The maximum atomic E-state index is 5.10. The number of aryl methyl sites for hydroxylation is 1. The van der Waals surface area contributed by atoms with Crippen LogP contribution in [0.5, 0.6) is 0 Å². The van der Waals surface area contributed by atoms with Gasteiger partial charge in [-0.2, -0.15) is 0 Å². The summed E-state index contributed by atoms with van der Waals surface area (Å²) in [6, 6.07) is 2.44. The van der Waals surface area contributed by atoms with Crippen molar-refractivity contribution in [2.24, 2.45) is 12.0 Å². The Labute approximate surface area is 136 Å². The van der Waals surface area contributed by atoms with E-state index in [2.05, 4.69) is 25.8 Å². The zero-order valence-electron chi connectivity index (χ0n) is 13.7. The monoisotopic (exact) mass is 316 g/mol. The van der Waals surface area contributed by atoms with Gasteiger partial charge in [-0.05, 0) is 25.8 Å². The standard InChI is InChI=1S/C16H24N6O/c1-12-20-21-15(22(12)2)10-18-16(19-14-5-3-4-6-14)17-9-13-7-8-23-11-13/h7-8,11,14H,3-6,9-10H2,1-2H3,(H2,17,18,19). The van der Waals surface area contributed by atoms with Gasteiger partial charge in [-0.25, -0.2) is 4.99 Å². The van der Waals surface area contributed by atoms with E-state index >= 15 is 0 Å². The Morgan fingerprint density at radius 1 is 1.39 bits per heavy atom. The summed E-state index contributed by atoms with van der Waals surface area (Å²) in [6.45, 7) is 3.14. The number of hydrogen-bond donors (Lipinski definition) is 2. The van der Waals surface area contributed by atoms with Crippen molar-refractivity contribution in [2.45, 2.75) is 51.7 Å². The van der Waals surface area contributed by atoms with E-state index in [1.165, 1.54) is 25.7 Å². The Balaban J connectivity index is 1.63. The molecule has 0 unspecified atom stereocenters. The van der Waals surface area contributed by atoms with E-state index in [4.69, 9.17) is 4.42 Å². The first-order chi connectivity index (χ1) is 11.2. The second kappa shape index (κ2) is 7.30. The smallest absolute Gasteiger partial charge is 0.192 e. The number of furan rings is 1. The minimum Gasteiger partial charge on any atom is -0.472 e. The molecule has 0 spiro atoms. The van der Waals surface area contributed by atoms with Crippen LogP contribution in [0.25, 0.3) is 0 Å². The van der Waals surface area contributed by atoms with Crippen molar-refractivity contribution >= 4 is 5.96 Å². The van der Waals surface area contributed by atoms with Crippen LogP contribution in [0.15, 0.2) is 28.0 Å². The molecule has 1 saturated carbocycles. The molecule has 1 aliphatic carbocycles. The Bertz CT molecular complexity index is 640. The van der Waals surface area contributed by atoms with E-state index in [9.17, 15) is 0 Å². The molecule has 124 valence electrons. The highest BCUT2D eigenvalue weighted by atomic mass is 16.3. The number of aromatic nitrogens is 3. The van der Waals surface area contributed by atoms with Gasteiger partial charge < -0.3 is 19.6 Å². The van der Waals surface area contributed by atoms with Crippen LogP contribution in [0.4, 0.5) is 0 Å².